The van der Waals surface area contributed by atoms with Crippen LogP contribution in [0, 0.1) is 0 Å². The molecular formula is C10H11FO2. The fourth-order valence-electron chi connectivity index (χ4n) is 1.02. The van der Waals surface area contributed by atoms with E-state index in [1.54, 1.807) is 0 Å². The number of rotatable bonds is 2. The number of hydrogen-bond acceptors (Lipinski definition) is 2. The molecule has 3 heteroatoms. The van der Waals surface area contributed by atoms with Gasteiger partial charge in [0, 0.05) is 0 Å². The Bertz CT molecular complexity index is 326. The molecule has 0 radical (unpaired) electrons. The minimum absolute atomic E-state index is 0.114. The summed E-state index contributed by atoms with van der Waals surface area (Å²) in [4.78, 5) is 10.4. The summed E-state index contributed by atoms with van der Waals surface area (Å²) in [5, 5.41) is 9.15. The first kappa shape index (κ1) is 9.71. The fourth-order valence-corrected chi connectivity index (χ4v) is 1.02. The maximum atomic E-state index is 13.4. The number of aldehydes is 1. The van der Waals surface area contributed by atoms with Gasteiger partial charge >= 0.3 is 0 Å². The highest BCUT2D eigenvalue weighted by atomic mass is 19.1. The molecule has 2 nitrogen and oxygen atoms in total. The Morgan fingerprint density at radius 3 is 2.54 bits per heavy atom. The molecule has 0 atom stereocenters. The van der Waals surface area contributed by atoms with Gasteiger partial charge in [0.25, 0.3) is 0 Å². The third-order valence-corrected chi connectivity index (χ3v) is 1.84. The number of benzene rings is 1. The zero-order valence-electron chi connectivity index (χ0n) is 7.54. The van der Waals surface area contributed by atoms with Crippen molar-refractivity contribution in [2.75, 3.05) is 0 Å². The molecule has 0 heterocycles. The van der Waals surface area contributed by atoms with Gasteiger partial charge in [-0.15, -0.1) is 0 Å². The standard InChI is InChI=1S/C10H11FO2/c1-10(2,11)8-3-4-9(13)7(5-8)6-12/h3-6,13H,1-2H3. The van der Waals surface area contributed by atoms with E-state index in [1.807, 2.05) is 0 Å². The SMILES string of the molecule is CC(C)(F)c1ccc(O)c(C=O)c1. The number of phenolic OH excluding ortho intramolecular Hbond substituents is 1. The van der Waals surface area contributed by atoms with Crippen LogP contribution in [0.25, 0.3) is 0 Å². The van der Waals surface area contributed by atoms with Crippen molar-refractivity contribution in [2.24, 2.45) is 0 Å². The van der Waals surface area contributed by atoms with E-state index < -0.39 is 5.67 Å². The third kappa shape index (κ3) is 2.05. The molecule has 0 saturated carbocycles. The van der Waals surface area contributed by atoms with E-state index in [-0.39, 0.29) is 11.3 Å². The van der Waals surface area contributed by atoms with Crippen LogP contribution < -0.4 is 0 Å². The van der Waals surface area contributed by atoms with Crippen LogP contribution in [-0.4, -0.2) is 11.4 Å². The molecule has 0 spiro atoms. The fraction of sp³-hybridized carbons (Fsp3) is 0.300. The van der Waals surface area contributed by atoms with Crippen LogP contribution >= 0.6 is 0 Å². The monoisotopic (exact) mass is 182 g/mol. The molecular weight excluding hydrogens is 171 g/mol. The van der Waals surface area contributed by atoms with Crippen molar-refractivity contribution in [1.29, 1.82) is 0 Å². The molecule has 70 valence electrons. The van der Waals surface area contributed by atoms with Crippen molar-refractivity contribution in [1.82, 2.24) is 0 Å². The highest BCUT2D eigenvalue weighted by Crippen LogP contribution is 2.27. The van der Waals surface area contributed by atoms with Gasteiger partial charge in [0.1, 0.15) is 11.4 Å². The molecule has 0 bridgehead atoms. The average molecular weight is 182 g/mol. The minimum Gasteiger partial charge on any atom is -0.507 e. The molecule has 1 aromatic rings. The molecule has 0 aromatic heterocycles. The van der Waals surface area contributed by atoms with Gasteiger partial charge in [-0.25, -0.2) is 4.39 Å². The molecule has 1 N–H and O–H groups in total. The number of alkyl halides is 1. The van der Waals surface area contributed by atoms with Crippen LogP contribution in [-0.2, 0) is 5.67 Å². The summed E-state index contributed by atoms with van der Waals surface area (Å²) in [6.45, 7) is 2.79. The third-order valence-electron chi connectivity index (χ3n) is 1.84. The smallest absolute Gasteiger partial charge is 0.153 e. The van der Waals surface area contributed by atoms with Gasteiger partial charge in [0.05, 0.1) is 5.56 Å². The number of halogens is 1. The highest BCUT2D eigenvalue weighted by molar-refractivity contribution is 5.79. The molecule has 0 unspecified atom stereocenters. The van der Waals surface area contributed by atoms with Crippen molar-refractivity contribution >= 4 is 6.29 Å². The van der Waals surface area contributed by atoms with Gasteiger partial charge < -0.3 is 5.11 Å². The molecule has 0 fully saturated rings. The van der Waals surface area contributed by atoms with Crippen LogP contribution in [0.4, 0.5) is 4.39 Å². The predicted molar refractivity (Wildman–Crippen MR) is 47.6 cm³/mol. The van der Waals surface area contributed by atoms with Gasteiger partial charge in [0.2, 0.25) is 0 Å². The maximum Gasteiger partial charge on any atom is 0.153 e. The topological polar surface area (TPSA) is 37.3 Å². The number of carbonyl (C=O) groups excluding carboxylic acids is 1. The van der Waals surface area contributed by atoms with Crippen LogP contribution in [0.5, 0.6) is 5.75 Å². The molecule has 0 aliphatic carbocycles. The van der Waals surface area contributed by atoms with E-state index in [0.717, 1.165) is 0 Å². The Morgan fingerprint density at radius 1 is 1.46 bits per heavy atom. The number of aromatic hydroxyl groups is 1. The lowest BCUT2D eigenvalue weighted by molar-refractivity contribution is 0.112. The van der Waals surface area contributed by atoms with E-state index >= 15 is 0 Å². The lowest BCUT2D eigenvalue weighted by atomic mass is 9.98. The van der Waals surface area contributed by atoms with Gasteiger partial charge in [-0.1, -0.05) is 6.07 Å². The summed E-state index contributed by atoms with van der Waals surface area (Å²) >= 11 is 0. The van der Waals surface area contributed by atoms with Crippen molar-refractivity contribution in [2.45, 2.75) is 19.5 Å². The molecule has 1 aromatic carbocycles. The number of phenols is 1. The minimum atomic E-state index is -1.49. The van der Waals surface area contributed by atoms with Crippen molar-refractivity contribution < 1.29 is 14.3 Å². The van der Waals surface area contributed by atoms with Crippen LogP contribution in [0.1, 0.15) is 29.8 Å². The van der Waals surface area contributed by atoms with Crippen molar-refractivity contribution in [3.05, 3.63) is 29.3 Å². The van der Waals surface area contributed by atoms with Crippen LogP contribution in [0.2, 0.25) is 0 Å². The maximum absolute atomic E-state index is 13.4. The summed E-state index contributed by atoms with van der Waals surface area (Å²) < 4.78 is 13.4. The Morgan fingerprint density at radius 2 is 2.08 bits per heavy atom. The van der Waals surface area contributed by atoms with E-state index in [4.69, 9.17) is 5.11 Å². The first-order chi connectivity index (χ1) is 5.95. The second-order valence-corrected chi connectivity index (χ2v) is 3.36. The number of carbonyl (C=O) groups is 1. The molecule has 0 saturated heterocycles. The van der Waals surface area contributed by atoms with Gasteiger partial charge in [0.15, 0.2) is 6.29 Å². The van der Waals surface area contributed by atoms with Crippen LogP contribution in [0.15, 0.2) is 18.2 Å². The summed E-state index contributed by atoms with van der Waals surface area (Å²) in [6, 6.07) is 4.13. The molecule has 0 amide bonds. The summed E-state index contributed by atoms with van der Waals surface area (Å²) in [5.41, 5.74) is -0.999. The predicted octanol–water partition coefficient (Wildman–Crippen LogP) is 2.41. The normalized spacial score (nSPS) is 11.3. The summed E-state index contributed by atoms with van der Waals surface area (Å²) in [5.74, 6) is -0.122. The van der Waals surface area contributed by atoms with E-state index in [9.17, 15) is 9.18 Å². The van der Waals surface area contributed by atoms with Crippen LogP contribution in [0.3, 0.4) is 0 Å². The second-order valence-electron chi connectivity index (χ2n) is 3.36. The van der Waals surface area contributed by atoms with Crippen molar-refractivity contribution in [3.63, 3.8) is 0 Å². The summed E-state index contributed by atoms with van der Waals surface area (Å²) in [7, 11) is 0. The first-order valence-corrected chi connectivity index (χ1v) is 3.93. The highest BCUT2D eigenvalue weighted by Gasteiger charge is 2.19. The zero-order chi connectivity index (χ0) is 10.1. The lowest BCUT2D eigenvalue weighted by Gasteiger charge is -2.14. The van der Waals surface area contributed by atoms with Crippen molar-refractivity contribution in [3.8, 4) is 5.75 Å². The van der Waals surface area contributed by atoms with E-state index in [0.29, 0.717) is 11.8 Å². The van der Waals surface area contributed by atoms with E-state index in [2.05, 4.69) is 0 Å². The molecule has 0 aliphatic rings. The second kappa shape index (κ2) is 3.17. The molecule has 1 rings (SSSR count). The van der Waals surface area contributed by atoms with Gasteiger partial charge in [-0.3, -0.25) is 4.79 Å². The number of hydrogen-bond donors (Lipinski definition) is 1. The lowest BCUT2D eigenvalue weighted by Crippen LogP contribution is -2.09. The van der Waals surface area contributed by atoms with E-state index in [1.165, 1.54) is 32.0 Å². The molecule has 13 heavy (non-hydrogen) atoms. The van der Waals surface area contributed by atoms with Gasteiger partial charge in [-0.2, -0.15) is 0 Å². The Hall–Kier alpha value is -1.38. The summed E-state index contributed by atoms with van der Waals surface area (Å²) in [6.07, 6.45) is 0.505. The zero-order valence-corrected chi connectivity index (χ0v) is 7.54. The average Bonchev–Trinajstić information content (AvgIpc) is 2.03. The quantitative estimate of drug-likeness (QED) is 0.713. The van der Waals surface area contributed by atoms with Gasteiger partial charge in [-0.05, 0) is 31.5 Å². The largest absolute Gasteiger partial charge is 0.507 e. The first-order valence-electron chi connectivity index (χ1n) is 3.93. The Labute approximate surface area is 76.0 Å². The Balaban J connectivity index is 3.21. The Kier molecular flexibility index (Phi) is 2.36. The molecule has 0 aliphatic heterocycles.